The Morgan fingerprint density at radius 1 is 1.36 bits per heavy atom. The second-order valence-corrected chi connectivity index (χ2v) is 7.37. The van der Waals surface area contributed by atoms with Crippen molar-refractivity contribution in [1.29, 1.82) is 5.26 Å². The summed E-state index contributed by atoms with van der Waals surface area (Å²) in [7, 11) is 0. The number of carbonyl (C=O) groups is 2. The topological polar surface area (TPSA) is 109 Å². The molecule has 0 saturated heterocycles. The van der Waals surface area contributed by atoms with Gasteiger partial charge >= 0.3 is 5.97 Å². The minimum Gasteiger partial charge on any atom is -0.462 e. The number of nitrogens with one attached hydrogen (secondary N) is 1. The number of anilines is 1. The summed E-state index contributed by atoms with van der Waals surface area (Å²) in [6.45, 7) is 3.57. The van der Waals surface area contributed by atoms with Crippen molar-refractivity contribution in [3.63, 3.8) is 0 Å². The van der Waals surface area contributed by atoms with Crippen molar-refractivity contribution >= 4 is 50.9 Å². The number of fused-ring (bicyclic) bond motifs is 1. The number of thiophene rings is 1. The Balaban J connectivity index is 1.98. The van der Waals surface area contributed by atoms with Crippen molar-refractivity contribution in [3.8, 4) is 5.40 Å². The van der Waals surface area contributed by atoms with Gasteiger partial charge in [0, 0.05) is 6.07 Å². The molecule has 0 atom stereocenters. The molecule has 0 aliphatic rings. The molecule has 2 aromatic heterocycles. The Hall–Kier alpha value is -3.09. The molecule has 0 bridgehead atoms. The molecule has 3 aromatic rings. The number of rotatable bonds is 5. The van der Waals surface area contributed by atoms with Gasteiger partial charge in [0.05, 0.1) is 16.9 Å². The molecular formula is C19H14N2O5S2. The second kappa shape index (κ2) is 8.29. The van der Waals surface area contributed by atoms with E-state index in [4.69, 9.17) is 14.4 Å². The van der Waals surface area contributed by atoms with Gasteiger partial charge in [-0.2, -0.15) is 5.26 Å². The first-order valence-corrected chi connectivity index (χ1v) is 9.80. The highest BCUT2D eigenvalue weighted by Crippen LogP contribution is 2.40. The van der Waals surface area contributed by atoms with Crippen LogP contribution in [0.4, 0.5) is 5.00 Å². The van der Waals surface area contributed by atoms with Crippen molar-refractivity contribution < 1.29 is 18.7 Å². The van der Waals surface area contributed by atoms with Gasteiger partial charge in [0.15, 0.2) is 11.2 Å². The number of thioether (sulfide) groups is 1. The monoisotopic (exact) mass is 414 g/mol. The number of nitriles is 1. The summed E-state index contributed by atoms with van der Waals surface area (Å²) in [5.41, 5.74) is 0.500. The van der Waals surface area contributed by atoms with Crippen LogP contribution in [0.2, 0.25) is 0 Å². The van der Waals surface area contributed by atoms with E-state index < -0.39 is 11.9 Å². The molecule has 0 unspecified atom stereocenters. The fourth-order valence-electron chi connectivity index (χ4n) is 2.52. The number of thiocyanates is 1. The predicted octanol–water partition coefficient (Wildman–Crippen LogP) is 4.17. The Morgan fingerprint density at radius 2 is 2.11 bits per heavy atom. The molecule has 0 radical (unpaired) electrons. The molecule has 7 nitrogen and oxygen atoms in total. The zero-order valence-corrected chi connectivity index (χ0v) is 16.5. The van der Waals surface area contributed by atoms with Crippen LogP contribution in [0.1, 0.15) is 32.7 Å². The Morgan fingerprint density at radius 3 is 2.82 bits per heavy atom. The summed E-state index contributed by atoms with van der Waals surface area (Å²) in [6.07, 6.45) is 0. The van der Waals surface area contributed by atoms with Gasteiger partial charge in [0.2, 0.25) is 0 Å². The smallest absolute Gasteiger partial charge is 0.348 e. The number of benzene rings is 1. The largest absolute Gasteiger partial charge is 0.462 e. The molecule has 9 heteroatoms. The lowest BCUT2D eigenvalue weighted by atomic mass is 10.2. The normalized spacial score (nSPS) is 10.5. The summed E-state index contributed by atoms with van der Waals surface area (Å²) < 4.78 is 10.5. The number of nitrogens with zero attached hydrogens (tertiary/aromatic N) is 1. The van der Waals surface area contributed by atoms with Crippen LogP contribution in [-0.2, 0) is 4.74 Å². The molecular weight excluding hydrogens is 400 g/mol. The standard InChI is InChI=1S/C19H14N2O5S2/c1-3-25-19(24)16-10(2)15(27-9-20)18(28-16)21-17(23)14-8-12(22)11-6-4-5-7-13(11)26-14/h4-8H,3H2,1-2H3,(H,21,23). The summed E-state index contributed by atoms with van der Waals surface area (Å²) in [4.78, 5) is 37.7. The maximum Gasteiger partial charge on any atom is 0.348 e. The first kappa shape index (κ1) is 19.7. The quantitative estimate of drug-likeness (QED) is 0.379. The van der Waals surface area contributed by atoms with Crippen LogP contribution in [-0.4, -0.2) is 18.5 Å². The van der Waals surface area contributed by atoms with Crippen LogP contribution >= 0.6 is 23.1 Å². The molecule has 0 saturated carbocycles. The van der Waals surface area contributed by atoms with Crippen molar-refractivity contribution in [2.45, 2.75) is 18.7 Å². The molecule has 28 heavy (non-hydrogen) atoms. The lowest BCUT2D eigenvalue weighted by molar-refractivity contribution is 0.0531. The van der Waals surface area contributed by atoms with Crippen LogP contribution in [0.5, 0.6) is 0 Å². The maximum absolute atomic E-state index is 12.6. The maximum atomic E-state index is 12.6. The van der Waals surface area contributed by atoms with E-state index in [0.717, 1.165) is 29.2 Å². The van der Waals surface area contributed by atoms with Gasteiger partial charge < -0.3 is 14.5 Å². The molecule has 3 rings (SSSR count). The molecule has 2 heterocycles. The van der Waals surface area contributed by atoms with Gasteiger partial charge in [0.1, 0.15) is 20.9 Å². The van der Waals surface area contributed by atoms with Crippen LogP contribution < -0.4 is 10.7 Å². The summed E-state index contributed by atoms with van der Waals surface area (Å²) in [5, 5.41) is 14.3. The van der Waals surface area contributed by atoms with Gasteiger partial charge in [-0.15, -0.1) is 11.3 Å². The lowest BCUT2D eigenvalue weighted by Crippen LogP contribution is -2.14. The molecule has 0 spiro atoms. The zero-order valence-electron chi connectivity index (χ0n) is 14.9. The fourth-order valence-corrected chi connectivity index (χ4v) is 4.32. The number of esters is 1. The van der Waals surface area contributed by atoms with Crippen molar-refractivity contribution in [2.75, 3.05) is 11.9 Å². The highest BCUT2D eigenvalue weighted by Gasteiger charge is 2.24. The van der Waals surface area contributed by atoms with E-state index in [1.807, 2.05) is 5.40 Å². The molecule has 142 valence electrons. The molecule has 1 N–H and O–H groups in total. The minimum atomic E-state index is -0.653. The van der Waals surface area contributed by atoms with Crippen LogP contribution in [0.15, 0.2) is 44.4 Å². The van der Waals surface area contributed by atoms with Gasteiger partial charge in [-0.3, -0.25) is 9.59 Å². The molecule has 0 aliphatic heterocycles. The summed E-state index contributed by atoms with van der Waals surface area (Å²) in [6, 6.07) is 7.72. The third-order valence-electron chi connectivity index (χ3n) is 3.79. The fraction of sp³-hybridized carbons (Fsp3) is 0.158. The van der Waals surface area contributed by atoms with E-state index in [0.29, 0.717) is 31.3 Å². The molecule has 0 fully saturated rings. The number of ether oxygens (including phenoxy) is 1. The van der Waals surface area contributed by atoms with E-state index in [-0.39, 0.29) is 17.8 Å². The number of carbonyl (C=O) groups excluding carboxylic acids is 2. The van der Waals surface area contributed by atoms with Crippen molar-refractivity contribution in [3.05, 3.63) is 56.8 Å². The number of para-hydroxylation sites is 1. The third-order valence-corrected chi connectivity index (χ3v) is 5.91. The Labute approximate surface area is 167 Å². The highest BCUT2D eigenvalue weighted by molar-refractivity contribution is 8.04. The number of hydrogen-bond acceptors (Lipinski definition) is 8. The molecule has 1 amide bonds. The third kappa shape index (κ3) is 3.78. The highest BCUT2D eigenvalue weighted by atomic mass is 32.2. The number of hydrogen-bond donors (Lipinski definition) is 1. The second-order valence-electron chi connectivity index (χ2n) is 5.55. The SMILES string of the molecule is CCOC(=O)c1sc(NC(=O)c2cc(=O)c3ccccc3o2)c(SC#N)c1C. The van der Waals surface area contributed by atoms with Crippen molar-refractivity contribution in [1.82, 2.24) is 0 Å². The van der Waals surface area contributed by atoms with Gasteiger partial charge in [-0.25, -0.2) is 4.79 Å². The Bertz CT molecular complexity index is 1170. The average molecular weight is 414 g/mol. The van der Waals surface area contributed by atoms with E-state index in [1.54, 1.807) is 38.1 Å². The van der Waals surface area contributed by atoms with Gasteiger partial charge in [0.25, 0.3) is 5.91 Å². The van der Waals surface area contributed by atoms with Crippen LogP contribution in [0.25, 0.3) is 11.0 Å². The lowest BCUT2D eigenvalue weighted by Gasteiger charge is -2.05. The van der Waals surface area contributed by atoms with E-state index in [2.05, 4.69) is 5.32 Å². The first-order valence-electron chi connectivity index (χ1n) is 8.17. The summed E-state index contributed by atoms with van der Waals surface area (Å²) >= 11 is 1.84. The van der Waals surface area contributed by atoms with E-state index >= 15 is 0 Å². The van der Waals surface area contributed by atoms with Gasteiger partial charge in [-0.05, 0) is 43.3 Å². The zero-order chi connectivity index (χ0) is 20.3. The molecule has 1 aromatic carbocycles. The first-order chi connectivity index (χ1) is 13.5. The van der Waals surface area contributed by atoms with Crippen LogP contribution in [0, 0.1) is 17.6 Å². The molecule has 0 aliphatic carbocycles. The predicted molar refractivity (Wildman–Crippen MR) is 107 cm³/mol. The minimum absolute atomic E-state index is 0.166. The van der Waals surface area contributed by atoms with Crippen molar-refractivity contribution in [2.24, 2.45) is 0 Å². The Kier molecular flexibility index (Phi) is 5.82. The van der Waals surface area contributed by atoms with Gasteiger partial charge in [-0.1, -0.05) is 12.1 Å². The average Bonchev–Trinajstić information content (AvgIpc) is 2.98. The number of amides is 1. The summed E-state index contributed by atoms with van der Waals surface area (Å²) in [5.74, 6) is -1.35. The van der Waals surface area contributed by atoms with E-state index in [9.17, 15) is 14.4 Å². The van der Waals surface area contributed by atoms with Crippen LogP contribution in [0.3, 0.4) is 0 Å². The van der Waals surface area contributed by atoms with E-state index in [1.165, 1.54) is 0 Å².